The van der Waals surface area contributed by atoms with Gasteiger partial charge in [0.2, 0.25) is 11.8 Å². The highest BCUT2D eigenvalue weighted by Crippen LogP contribution is 2.28. The molecule has 126 valence electrons. The molecule has 3 heterocycles. The summed E-state index contributed by atoms with van der Waals surface area (Å²) in [5.41, 5.74) is 0.902. The Hall–Kier alpha value is -2.06. The molecule has 1 amide bonds. The van der Waals surface area contributed by atoms with Crippen LogP contribution >= 0.6 is 22.7 Å². The fraction of sp³-hybridized carbons (Fsp3) is 0.375. The van der Waals surface area contributed by atoms with Crippen LogP contribution < -0.4 is 5.32 Å². The van der Waals surface area contributed by atoms with Gasteiger partial charge < -0.3 is 9.84 Å². The molecule has 0 fully saturated rings. The first kappa shape index (κ1) is 16.8. The number of thiophene rings is 1. The Bertz CT molecular complexity index is 780. The van der Waals surface area contributed by atoms with E-state index in [2.05, 4.69) is 27.4 Å². The van der Waals surface area contributed by atoms with Crippen molar-refractivity contribution in [1.29, 1.82) is 0 Å². The second kappa shape index (κ2) is 8.16. The number of nitrogens with one attached hydrogen (secondary N) is 1. The van der Waals surface area contributed by atoms with Gasteiger partial charge in [-0.15, -0.1) is 22.7 Å². The number of carbonyl (C=O) groups excluding carboxylic acids is 1. The number of aromatic nitrogens is 3. The number of anilines is 1. The molecule has 8 heteroatoms. The van der Waals surface area contributed by atoms with Gasteiger partial charge in [-0.05, 0) is 24.3 Å². The van der Waals surface area contributed by atoms with E-state index in [-0.39, 0.29) is 5.91 Å². The summed E-state index contributed by atoms with van der Waals surface area (Å²) in [7, 11) is 0. The molecule has 6 nitrogen and oxygen atoms in total. The predicted octanol–water partition coefficient (Wildman–Crippen LogP) is 4.17. The second-order valence-corrected chi connectivity index (χ2v) is 7.08. The van der Waals surface area contributed by atoms with E-state index in [1.807, 2.05) is 22.9 Å². The highest BCUT2D eigenvalue weighted by atomic mass is 32.1. The Kier molecular flexibility index (Phi) is 5.71. The third-order valence-corrected chi connectivity index (χ3v) is 4.95. The van der Waals surface area contributed by atoms with Crippen LogP contribution in [0, 0.1) is 0 Å². The van der Waals surface area contributed by atoms with Gasteiger partial charge in [0.1, 0.15) is 0 Å². The van der Waals surface area contributed by atoms with Crippen LogP contribution in [0.4, 0.5) is 5.13 Å². The van der Waals surface area contributed by atoms with Gasteiger partial charge >= 0.3 is 0 Å². The summed E-state index contributed by atoms with van der Waals surface area (Å²) in [5.74, 6) is 1.29. The molecule has 0 radical (unpaired) electrons. The van der Waals surface area contributed by atoms with Crippen LogP contribution in [0.1, 0.15) is 37.9 Å². The second-order valence-electron chi connectivity index (χ2n) is 5.27. The lowest BCUT2D eigenvalue weighted by Gasteiger charge is -2.00. The number of hydrogen-bond acceptors (Lipinski definition) is 7. The van der Waals surface area contributed by atoms with Gasteiger partial charge in [0.25, 0.3) is 0 Å². The Morgan fingerprint density at radius 2 is 2.21 bits per heavy atom. The Labute approximate surface area is 147 Å². The summed E-state index contributed by atoms with van der Waals surface area (Å²) in [6.45, 7) is 2.07. The first-order chi connectivity index (χ1) is 11.7. The molecule has 3 aromatic rings. The molecular weight excluding hydrogens is 344 g/mol. The van der Waals surface area contributed by atoms with E-state index in [1.54, 1.807) is 11.3 Å². The van der Waals surface area contributed by atoms with Gasteiger partial charge in [-0.2, -0.15) is 4.98 Å². The lowest BCUT2D eigenvalue weighted by molar-refractivity contribution is -0.116. The zero-order valence-corrected chi connectivity index (χ0v) is 15.0. The summed E-state index contributed by atoms with van der Waals surface area (Å²) in [5, 5.41) is 11.3. The smallest absolute Gasteiger partial charge is 0.226 e. The maximum Gasteiger partial charge on any atom is 0.226 e. The quantitative estimate of drug-likeness (QED) is 0.650. The van der Waals surface area contributed by atoms with E-state index in [1.165, 1.54) is 11.3 Å². The fourth-order valence-electron chi connectivity index (χ4n) is 2.17. The van der Waals surface area contributed by atoms with Crippen molar-refractivity contribution in [3.63, 3.8) is 0 Å². The first-order valence-electron chi connectivity index (χ1n) is 7.85. The van der Waals surface area contributed by atoms with Gasteiger partial charge in [0.15, 0.2) is 11.0 Å². The molecule has 0 saturated heterocycles. The number of amides is 1. The zero-order chi connectivity index (χ0) is 16.8. The zero-order valence-electron chi connectivity index (χ0n) is 13.3. The number of aryl methyl sites for hydroxylation is 2. The number of carbonyl (C=O) groups is 1. The monoisotopic (exact) mass is 362 g/mol. The molecule has 0 aliphatic rings. The molecule has 3 rings (SSSR count). The summed E-state index contributed by atoms with van der Waals surface area (Å²) in [6, 6.07) is 4.00. The number of hydrogen-bond donors (Lipinski definition) is 1. The van der Waals surface area contributed by atoms with E-state index in [4.69, 9.17) is 4.52 Å². The minimum absolute atomic E-state index is 0.0459. The third-order valence-electron chi connectivity index (χ3n) is 3.30. The minimum Gasteiger partial charge on any atom is -0.339 e. The molecule has 0 bridgehead atoms. The lowest BCUT2D eigenvalue weighted by atomic mass is 10.2. The molecule has 1 N–H and O–H groups in total. The number of nitrogens with zero attached hydrogens (tertiary/aromatic N) is 3. The van der Waals surface area contributed by atoms with Crippen molar-refractivity contribution in [2.75, 3.05) is 5.32 Å². The average molecular weight is 362 g/mol. The van der Waals surface area contributed by atoms with Crippen LogP contribution in [-0.2, 0) is 17.6 Å². The normalized spacial score (nSPS) is 10.9. The maximum absolute atomic E-state index is 12.0. The van der Waals surface area contributed by atoms with E-state index in [0.717, 1.165) is 29.2 Å². The van der Waals surface area contributed by atoms with Gasteiger partial charge in [0.05, 0.1) is 10.6 Å². The number of thiazole rings is 1. The fourth-order valence-corrected chi connectivity index (χ4v) is 3.65. The van der Waals surface area contributed by atoms with E-state index < -0.39 is 0 Å². The topological polar surface area (TPSA) is 80.9 Å². The van der Waals surface area contributed by atoms with Crippen molar-refractivity contribution < 1.29 is 9.32 Å². The Morgan fingerprint density at radius 3 is 3.00 bits per heavy atom. The lowest BCUT2D eigenvalue weighted by Crippen LogP contribution is -2.11. The van der Waals surface area contributed by atoms with Crippen molar-refractivity contribution in [2.24, 2.45) is 0 Å². The van der Waals surface area contributed by atoms with Crippen LogP contribution in [-0.4, -0.2) is 21.0 Å². The van der Waals surface area contributed by atoms with Crippen molar-refractivity contribution in [3.8, 4) is 10.6 Å². The van der Waals surface area contributed by atoms with E-state index in [0.29, 0.717) is 30.3 Å². The molecule has 0 aliphatic carbocycles. The van der Waals surface area contributed by atoms with Crippen LogP contribution in [0.3, 0.4) is 0 Å². The van der Waals surface area contributed by atoms with Crippen molar-refractivity contribution >= 4 is 33.7 Å². The predicted molar refractivity (Wildman–Crippen MR) is 95.3 cm³/mol. The summed E-state index contributed by atoms with van der Waals surface area (Å²) >= 11 is 3.07. The molecule has 0 aliphatic heterocycles. The SMILES string of the molecule is CCCc1noc(CCCC(=O)Nc2nc(-c3cccs3)cs2)n1. The molecule has 3 aromatic heterocycles. The molecule has 0 saturated carbocycles. The maximum atomic E-state index is 12.0. The largest absolute Gasteiger partial charge is 0.339 e. The molecule has 24 heavy (non-hydrogen) atoms. The van der Waals surface area contributed by atoms with Crippen LogP contribution in [0.5, 0.6) is 0 Å². The van der Waals surface area contributed by atoms with Crippen molar-refractivity contribution in [1.82, 2.24) is 15.1 Å². The Morgan fingerprint density at radius 1 is 1.29 bits per heavy atom. The first-order valence-corrected chi connectivity index (χ1v) is 9.61. The summed E-state index contributed by atoms with van der Waals surface area (Å²) in [6.07, 6.45) is 3.49. The number of rotatable bonds is 8. The van der Waals surface area contributed by atoms with Crippen LogP contribution in [0.2, 0.25) is 0 Å². The Balaban J connectivity index is 1.44. The molecule has 0 unspecified atom stereocenters. The van der Waals surface area contributed by atoms with Crippen LogP contribution in [0.25, 0.3) is 10.6 Å². The van der Waals surface area contributed by atoms with Gasteiger partial charge in [-0.25, -0.2) is 4.98 Å². The molecule has 0 spiro atoms. The van der Waals surface area contributed by atoms with Crippen molar-refractivity contribution in [3.05, 3.63) is 34.6 Å². The van der Waals surface area contributed by atoms with Crippen LogP contribution in [0.15, 0.2) is 27.4 Å². The highest BCUT2D eigenvalue weighted by Gasteiger charge is 2.10. The summed E-state index contributed by atoms with van der Waals surface area (Å²) < 4.78 is 5.16. The molecular formula is C16H18N4O2S2. The molecule has 0 aromatic carbocycles. The van der Waals surface area contributed by atoms with Crippen molar-refractivity contribution in [2.45, 2.75) is 39.0 Å². The van der Waals surface area contributed by atoms with Gasteiger partial charge in [-0.3, -0.25) is 4.79 Å². The van der Waals surface area contributed by atoms with E-state index in [9.17, 15) is 4.79 Å². The standard InChI is InChI=1S/C16H18N4O2S2/c1-2-5-13-18-15(22-20-13)8-3-7-14(21)19-16-17-11(10-24-16)12-6-4-9-23-12/h4,6,9-10H,2-3,5,7-8H2,1H3,(H,17,19,21). The molecule has 0 atom stereocenters. The van der Waals surface area contributed by atoms with E-state index >= 15 is 0 Å². The third kappa shape index (κ3) is 4.48. The average Bonchev–Trinajstić information content (AvgIpc) is 3.28. The highest BCUT2D eigenvalue weighted by molar-refractivity contribution is 7.16. The minimum atomic E-state index is -0.0459. The van der Waals surface area contributed by atoms with Gasteiger partial charge in [0, 0.05) is 24.6 Å². The van der Waals surface area contributed by atoms with Gasteiger partial charge in [-0.1, -0.05) is 18.1 Å². The summed E-state index contributed by atoms with van der Waals surface area (Å²) in [4.78, 5) is 21.8.